The maximum atomic E-state index is 12.7. The average Bonchev–Trinajstić information content (AvgIpc) is 2.19. The lowest BCUT2D eigenvalue weighted by atomic mass is 9.68. The summed E-state index contributed by atoms with van der Waals surface area (Å²) in [5, 5.41) is 0. The first-order chi connectivity index (χ1) is 8.53. The molecule has 0 aliphatic carbocycles. The Kier molecular flexibility index (Phi) is 5.33. The highest BCUT2D eigenvalue weighted by molar-refractivity contribution is 4.91. The molecule has 4 heteroatoms. The number of rotatable bonds is 4. The summed E-state index contributed by atoms with van der Waals surface area (Å²) in [6.07, 6.45) is -1.46. The molecule has 0 aromatic carbocycles. The summed E-state index contributed by atoms with van der Waals surface area (Å²) in [5.41, 5.74) is 0.182. The predicted molar refractivity (Wildman–Crippen MR) is 73.1 cm³/mol. The number of alkyl halides is 3. The standard InChI is InChI=1S/C15H28F3N/c1-11(2)8-13-9-14(5,12(3)4)6-7-19(13)10-15(16,17)18/h11-13H,6-10H2,1-5H3. The zero-order chi connectivity index (χ0) is 14.8. The van der Waals surface area contributed by atoms with E-state index in [1.54, 1.807) is 4.90 Å². The van der Waals surface area contributed by atoms with Crippen molar-refractivity contribution in [1.82, 2.24) is 4.90 Å². The quantitative estimate of drug-likeness (QED) is 0.719. The number of halogens is 3. The fourth-order valence-corrected chi connectivity index (χ4v) is 3.09. The summed E-state index contributed by atoms with van der Waals surface area (Å²) in [6.45, 7) is 10.6. The molecule has 1 nitrogen and oxygen atoms in total. The Balaban J connectivity index is 2.78. The minimum Gasteiger partial charge on any atom is -0.292 e. The molecule has 2 unspecified atom stereocenters. The molecule has 114 valence electrons. The molecule has 2 atom stereocenters. The van der Waals surface area contributed by atoms with Gasteiger partial charge >= 0.3 is 6.18 Å². The van der Waals surface area contributed by atoms with E-state index in [0.717, 1.165) is 19.3 Å². The van der Waals surface area contributed by atoms with Crippen molar-refractivity contribution < 1.29 is 13.2 Å². The van der Waals surface area contributed by atoms with E-state index in [2.05, 4.69) is 34.6 Å². The lowest BCUT2D eigenvalue weighted by molar-refractivity contribution is -0.159. The minimum absolute atomic E-state index is 0.0720. The molecular weight excluding hydrogens is 251 g/mol. The summed E-state index contributed by atoms with van der Waals surface area (Å²) in [5.74, 6) is 0.963. The monoisotopic (exact) mass is 279 g/mol. The number of likely N-dealkylation sites (tertiary alicyclic amines) is 1. The Hall–Kier alpha value is -0.250. The molecule has 0 bridgehead atoms. The second kappa shape index (κ2) is 6.02. The third kappa shape index (κ3) is 4.97. The highest BCUT2D eigenvalue weighted by atomic mass is 19.4. The van der Waals surface area contributed by atoms with E-state index in [1.165, 1.54) is 0 Å². The van der Waals surface area contributed by atoms with Gasteiger partial charge in [0.2, 0.25) is 0 Å². The molecule has 1 fully saturated rings. The second-order valence-electron chi connectivity index (χ2n) is 7.13. The van der Waals surface area contributed by atoms with Crippen molar-refractivity contribution in [2.24, 2.45) is 17.3 Å². The molecule has 1 rings (SSSR count). The van der Waals surface area contributed by atoms with E-state index >= 15 is 0 Å². The van der Waals surface area contributed by atoms with Crippen LogP contribution in [0.4, 0.5) is 13.2 Å². The molecule has 0 aromatic rings. The van der Waals surface area contributed by atoms with E-state index in [0.29, 0.717) is 18.4 Å². The van der Waals surface area contributed by atoms with E-state index < -0.39 is 12.7 Å². The molecule has 1 saturated heterocycles. The van der Waals surface area contributed by atoms with Crippen LogP contribution in [0.1, 0.15) is 53.9 Å². The molecule has 19 heavy (non-hydrogen) atoms. The van der Waals surface area contributed by atoms with Gasteiger partial charge in [-0.15, -0.1) is 0 Å². The first kappa shape index (κ1) is 16.8. The smallest absolute Gasteiger partial charge is 0.292 e. The van der Waals surface area contributed by atoms with Gasteiger partial charge in [-0.1, -0.05) is 34.6 Å². The van der Waals surface area contributed by atoms with Gasteiger partial charge in [0, 0.05) is 6.04 Å². The lowest BCUT2D eigenvalue weighted by Gasteiger charge is -2.48. The van der Waals surface area contributed by atoms with E-state index in [-0.39, 0.29) is 11.5 Å². The van der Waals surface area contributed by atoms with Crippen LogP contribution in [-0.2, 0) is 0 Å². The summed E-state index contributed by atoms with van der Waals surface area (Å²) in [4.78, 5) is 1.66. The van der Waals surface area contributed by atoms with Crippen LogP contribution in [0.3, 0.4) is 0 Å². The largest absolute Gasteiger partial charge is 0.401 e. The van der Waals surface area contributed by atoms with Gasteiger partial charge in [0.05, 0.1) is 6.54 Å². The third-order valence-corrected chi connectivity index (χ3v) is 4.71. The second-order valence-corrected chi connectivity index (χ2v) is 7.13. The topological polar surface area (TPSA) is 3.24 Å². The number of nitrogens with zero attached hydrogens (tertiary/aromatic N) is 1. The Morgan fingerprint density at radius 2 is 1.79 bits per heavy atom. The van der Waals surface area contributed by atoms with Crippen molar-refractivity contribution >= 4 is 0 Å². The van der Waals surface area contributed by atoms with Crippen LogP contribution in [0.25, 0.3) is 0 Å². The van der Waals surface area contributed by atoms with Crippen LogP contribution in [0.5, 0.6) is 0 Å². The third-order valence-electron chi connectivity index (χ3n) is 4.71. The molecular formula is C15H28F3N. The summed E-state index contributed by atoms with van der Waals surface area (Å²) in [6, 6.07) is 0.0720. The SMILES string of the molecule is CC(C)CC1CC(C)(C(C)C)CCN1CC(F)(F)F. The van der Waals surface area contributed by atoms with Gasteiger partial charge in [-0.3, -0.25) is 4.90 Å². The van der Waals surface area contributed by atoms with Crippen LogP contribution in [0.15, 0.2) is 0 Å². The molecule has 1 aliphatic heterocycles. The molecule has 0 N–H and O–H groups in total. The van der Waals surface area contributed by atoms with E-state index in [9.17, 15) is 13.2 Å². The molecule has 0 radical (unpaired) electrons. The summed E-state index contributed by atoms with van der Waals surface area (Å²) >= 11 is 0. The number of hydrogen-bond acceptors (Lipinski definition) is 1. The maximum Gasteiger partial charge on any atom is 0.401 e. The van der Waals surface area contributed by atoms with Crippen molar-refractivity contribution in [3.8, 4) is 0 Å². The molecule has 1 heterocycles. The fraction of sp³-hybridized carbons (Fsp3) is 1.00. The Labute approximate surface area is 115 Å². The number of piperidine rings is 1. The average molecular weight is 279 g/mol. The zero-order valence-corrected chi connectivity index (χ0v) is 12.8. The lowest BCUT2D eigenvalue weighted by Crippen LogP contribution is -2.51. The van der Waals surface area contributed by atoms with E-state index in [4.69, 9.17) is 0 Å². The molecule has 1 aliphatic rings. The Morgan fingerprint density at radius 3 is 2.21 bits per heavy atom. The fourth-order valence-electron chi connectivity index (χ4n) is 3.09. The van der Waals surface area contributed by atoms with Gasteiger partial charge in [-0.2, -0.15) is 13.2 Å². The van der Waals surface area contributed by atoms with Gasteiger partial charge in [0.1, 0.15) is 0 Å². The number of hydrogen-bond donors (Lipinski definition) is 0. The van der Waals surface area contributed by atoms with Gasteiger partial charge in [-0.25, -0.2) is 0 Å². The van der Waals surface area contributed by atoms with Crippen LogP contribution in [0.2, 0.25) is 0 Å². The maximum absolute atomic E-state index is 12.7. The summed E-state index contributed by atoms with van der Waals surface area (Å²) < 4.78 is 38.0. The molecule has 0 amide bonds. The van der Waals surface area contributed by atoms with Gasteiger partial charge in [0.25, 0.3) is 0 Å². The Morgan fingerprint density at radius 1 is 1.21 bits per heavy atom. The molecule has 0 spiro atoms. The molecule has 0 aromatic heterocycles. The van der Waals surface area contributed by atoms with Gasteiger partial charge in [0.15, 0.2) is 0 Å². The van der Waals surface area contributed by atoms with Crippen molar-refractivity contribution in [2.45, 2.75) is 66.1 Å². The van der Waals surface area contributed by atoms with Crippen LogP contribution in [0, 0.1) is 17.3 Å². The van der Waals surface area contributed by atoms with Crippen molar-refractivity contribution in [3.05, 3.63) is 0 Å². The Bertz CT molecular complexity index is 286. The zero-order valence-electron chi connectivity index (χ0n) is 12.8. The van der Waals surface area contributed by atoms with Crippen LogP contribution in [-0.4, -0.2) is 30.2 Å². The van der Waals surface area contributed by atoms with Gasteiger partial charge in [-0.05, 0) is 43.1 Å². The van der Waals surface area contributed by atoms with Gasteiger partial charge < -0.3 is 0 Å². The predicted octanol–water partition coefficient (Wildman–Crippen LogP) is 4.72. The van der Waals surface area contributed by atoms with E-state index in [1.807, 2.05) is 0 Å². The minimum atomic E-state index is -4.08. The van der Waals surface area contributed by atoms with Crippen molar-refractivity contribution in [2.75, 3.05) is 13.1 Å². The molecule has 0 saturated carbocycles. The first-order valence-corrected chi connectivity index (χ1v) is 7.34. The van der Waals surface area contributed by atoms with Crippen LogP contribution >= 0.6 is 0 Å². The highest BCUT2D eigenvalue weighted by Gasteiger charge is 2.42. The van der Waals surface area contributed by atoms with Crippen molar-refractivity contribution in [1.29, 1.82) is 0 Å². The normalized spacial score (nSPS) is 30.3. The highest BCUT2D eigenvalue weighted by Crippen LogP contribution is 2.42. The summed E-state index contributed by atoms with van der Waals surface area (Å²) in [7, 11) is 0. The van der Waals surface area contributed by atoms with Crippen LogP contribution < -0.4 is 0 Å². The first-order valence-electron chi connectivity index (χ1n) is 7.34. The van der Waals surface area contributed by atoms with Crippen molar-refractivity contribution in [3.63, 3.8) is 0 Å².